The van der Waals surface area contributed by atoms with Crippen LogP contribution in [-0.2, 0) is 10.3 Å². The Morgan fingerprint density at radius 1 is 1.15 bits per heavy atom. The van der Waals surface area contributed by atoms with E-state index in [0.717, 1.165) is 5.69 Å². The average Bonchev–Trinajstić information content (AvgIpc) is 2.42. The highest BCUT2D eigenvalue weighted by Crippen LogP contribution is 2.28. The van der Waals surface area contributed by atoms with Crippen molar-refractivity contribution in [2.24, 2.45) is 5.73 Å². The molecular formula is C15H15ClN2O2. The van der Waals surface area contributed by atoms with Crippen LogP contribution in [-0.4, -0.2) is 11.0 Å². The monoisotopic (exact) mass is 290 g/mol. The van der Waals surface area contributed by atoms with Crippen LogP contribution in [0, 0.1) is 0 Å². The molecule has 1 atom stereocenters. The van der Waals surface area contributed by atoms with Crippen LogP contribution in [0.2, 0.25) is 5.02 Å². The molecule has 0 saturated carbocycles. The van der Waals surface area contributed by atoms with E-state index in [1.807, 2.05) is 0 Å². The van der Waals surface area contributed by atoms with Crippen molar-refractivity contribution in [3.05, 3.63) is 59.1 Å². The minimum atomic E-state index is -1.08. The molecule has 5 heteroatoms. The predicted octanol–water partition coefficient (Wildman–Crippen LogP) is 2.86. The fraction of sp³-hybridized carbons (Fsp3) is 0.133. The number of hydrogen-bond donors (Lipinski definition) is 3. The molecule has 0 saturated heterocycles. The van der Waals surface area contributed by atoms with Crippen LogP contribution in [0.1, 0.15) is 12.5 Å². The fourth-order valence-electron chi connectivity index (χ4n) is 1.89. The number of phenolic OH excluding ortho intramolecular Hbond substituents is 1. The molecule has 0 spiro atoms. The second-order valence-electron chi connectivity index (χ2n) is 4.67. The summed E-state index contributed by atoms with van der Waals surface area (Å²) in [7, 11) is 0. The van der Waals surface area contributed by atoms with Gasteiger partial charge in [0, 0.05) is 10.7 Å². The van der Waals surface area contributed by atoms with Crippen molar-refractivity contribution in [3.63, 3.8) is 0 Å². The zero-order chi connectivity index (χ0) is 14.8. The highest BCUT2D eigenvalue weighted by atomic mass is 35.5. The van der Waals surface area contributed by atoms with Gasteiger partial charge in [0.25, 0.3) is 0 Å². The summed E-state index contributed by atoms with van der Waals surface area (Å²) >= 11 is 5.83. The number of halogens is 1. The maximum atomic E-state index is 11.8. The number of anilines is 1. The molecule has 2 rings (SSSR count). The molecule has 0 aliphatic carbocycles. The number of phenols is 1. The maximum absolute atomic E-state index is 11.8. The summed E-state index contributed by atoms with van der Waals surface area (Å²) in [6.45, 7) is 1.69. The van der Waals surface area contributed by atoms with E-state index in [1.165, 1.54) is 12.1 Å². The van der Waals surface area contributed by atoms with E-state index < -0.39 is 11.4 Å². The molecule has 0 bridgehead atoms. The summed E-state index contributed by atoms with van der Waals surface area (Å²) in [6, 6.07) is 13.3. The van der Waals surface area contributed by atoms with Crippen LogP contribution in [0.5, 0.6) is 5.75 Å². The second kappa shape index (κ2) is 5.43. The van der Waals surface area contributed by atoms with E-state index in [2.05, 4.69) is 5.32 Å². The zero-order valence-electron chi connectivity index (χ0n) is 10.9. The Hall–Kier alpha value is -2.20. The Balaban J connectivity index is 2.37. The zero-order valence-corrected chi connectivity index (χ0v) is 11.7. The number of hydrogen-bond acceptors (Lipinski definition) is 3. The number of carbonyl (C=O) groups is 1. The fourth-order valence-corrected chi connectivity index (χ4v) is 2.02. The van der Waals surface area contributed by atoms with Gasteiger partial charge >= 0.3 is 0 Å². The lowest BCUT2D eigenvalue weighted by molar-refractivity contribution is -0.122. The minimum absolute atomic E-state index is 0.132. The van der Waals surface area contributed by atoms with Crippen LogP contribution < -0.4 is 11.1 Å². The average molecular weight is 291 g/mol. The third kappa shape index (κ3) is 2.86. The van der Waals surface area contributed by atoms with Gasteiger partial charge in [-0.05, 0) is 48.9 Å². The lowest BCUT2D eigenvalue weighted by Crippen LogP contribution is -2.45. The molecule has 0 heterocycles. The number of primary amides is 1. The van der Waals surface area contributed by atoms with E-state index in [4.69, 9.17) is 17.3 Å². The molecule has 20 heavy (non-hydrogen) atoms. The van der Waals surface area contributed by atoms with Gasteiger partial charge in [-0.3, -0.25) is 4.79 Å². The van der Waals surface area contributed by atoms with Crippen molar-refractivity contribution in [1.29, 1.82) is 0 Å². The second-order valence-corrected chi connectivity index (χ2v) is 5.10. The summed E-state index contributed by atoms with van der Waals surface area (Å²) < 4.78 is 0. The number of rotatable bonds is 4. The molecule has 2 aromatic rings. The largest absolute Gasteiger partial charge is 0.508 e. The van der Waals surface area contributed by atoms with Crippen LogP contribution in [0.3, 0.4) is 0 Å². The highest BCUT2D eigenvalue weighted by molar-refractivity contribution is 6.30. The van der Waals surface area contributed by atoms with E-state index >= 15 is 0 Å². The van der Waals surface area contributed by atoms with Crippen LogP contribution in [0.4, 0.5) is 5.69 Å². The summed E-state index contributed by atoms with van der Waals surface area (Å²) in [6.07, 6.45) is 0. The van der Waals surface area contributed by atoms with Crippen molar-refractivity contribution < 1.29 is 9.90 Å². The van der Waals surface area contributed by atoms with Crippen molar-refractivity contribution in [2.45, 2.75) is 12.5 Å². The van der Waals surface area contributed by atoms with Crippen LogP contribution in [0.15, 0.2) is 48.5 Å². The van der Waals surface area contributed by atoms with E-state index in [1.54, 1.807) is 43.3 Å². The molecule has 0 fully saturated rings. The topological polar surface area (TPSA) is 75.3 Å². The first-order valence-electron chi connectivity index (χ1n) is 6.05. The third-order valence-corrected chi connectivity index (χ3v) is 3.43. The Bertz CT molecular complexity index is 611. The predicted molar refractivity (Wildman–Crippen MR) is 79.7 cm³/mol. The Kier molecular flexibility index (Phi) is 3.86. The van der Waals surface area contributed by atoms with Gasteiger partial charge in [0.1, 0.15) is 11.3 Å². The number of carbonyl (C=O) groups excluding carboxylic acids is 1. The smallest absolute Gasteiger partial charge is 0.247 e. The summed E-state index contributed by atoms with van der Waals surface area (Å²) in [5, 5.41) is 13.0. The molecule has 4 N–H and O–H groups in total. The lowest BCUT2D eigenvalue weighted by Gasteiger charge is -2.29. The van der Waals surface area contributed by atoms with Gasteiger partial charge in [-0.2, -0.15) is 0 Å². The van der Waals surface area contributed by atoms with Gasteiger partial charge < -0.3 is 16.2 Å². The molecule has 0 aromatic heterocycles. The van der Waals surface area contributed by atoms with Gasteiger partial charge in [-0.15, -0.1) is 0 Å². The molecule has 104 valence electrons. The van der Waals surface area contributed by atoms with Crippen molar-refractivity contribution in [1.82, 2.24) is 0 Å². The number of amides is 1. The first-order valence-corrected chi connectivity index (χ1v) is 6.43. The van der Waals surface area contributed by atoms with Gasteiger partial charge in [0.05, 0.1) is 0 Å². The molecular weight excluding hydrogens is 276 g/mol. The Labute approximate surface area is 122 Å². The molecule has 2 aromatic carbocycles. The summed E-state index contributed by atoms with van der Waals surface area (Å²) in [4.78, 5) is 11.8. The SMILES string of the molecule is CC(Nc1ccc(Cl)cc1)(C(N)=O)c1ccc(O)cc1. The normalized spacial score (nSPS) is 13.5. The summed E-state index contributed by atoms with van der Waals surface area (Å²) in [5.74, 6) is -0.384. The molecule has 4 nitrogen and oxygen atoms in total. The molecule has 1 unspecified atom stereocenters. The number of nitrogens with two attached hydrogens (primary N) is 1. The maximum Gasteiger partial charge on any atom is 0.247 e. The van der Waals surface area contributed by atoms with Gasteiger partial charge in [-0.25, -0.2) is 0 Å². The molecule has 1 amide bonds. The van der Waals surface area contributed by atoms with Crippen molar-refractivity contribution in [3.8, 4) is 5.75 Å². The third-order valence-electron chi connectivity index (χ3n) is 3.18. The lowest BCUT2D eigenvalue weighted by atomic mass is 9.90. The van der Waals surface area contributed by atoms with Crippen molar-refractivity contribution >= 4 is 23.2 Å². The first-order chi connectivity index (χ1) is 9.41. The van der Waals surface area contributed by atoms with E-state index in [9.17, 15) is 9.90 Å². The Morgan fingerprint density at radius 3 is 2.20 bits per heavy atom. The number of benzene rings is 2. The first kappa shape index (κ1) is 14.2. The molecule has 0 aliphatic rings. The van der Waals surface area contributed by atoms with Crippen molar-refractivity contribution in [2.75, 3.05) is 5.32 Å². The standard InChI is InChI=1S/C15H15ClN2O2/c1-15(14(17)20,10-2-8-13(19)9-3-10)18-12-6-4-11(16)5-7-12/h2-9,18-19H,1H3,(H2,17,20). The number of aromatic hydroxyl groups is 1. The Morgan fingerprint density at radius 2 is 1.70 bits per heavy atom. The van der Waals surface area contributed by atoms with Gasteiger partial charge in [0.15, 0.2) is 0 Å². The quantitative estimate of drug-likeness (QED) is 0.810. The molecule has 0 radical (unpaired) electrons. The highest BCUT2D eigenvalue weighted by Gasteiger charge is 2.33. The van der Waals surface area contributed by atoms with Crippen LogP contribution in [0.25, 0.3) is 0 Å². The van der Waals surface area contributed by atoms with Gasteiger partial charge in [0.2, 0.25) is 5.91 Å². The molecule has 0 aliphatic heterocycles. The minimum Gasteiger partial charge on any atom is -0.508 e. The summed E-state index contributed by atoms with van der Waals surface area (Å²) in [5.41, 5.74) is 5.84. The van der Waals surface area contributed by atoms with E-state index in [-0.39, 0.29) is 5.75 Å². The van der Waals surface area contributed by atoms with E-state index in [0.29, 0.717) is 10.6 Å². The number of nitrogens with one attached hydrogen (secondary N) is 1. The van der Waals surface area contributed by atoms with Crippen LogP contribution >= 0.6 is 11.6 Å². The van der Waals surface area contributed by atoms with Gasteiger partial charge in [-0.1, -0.05) is 23.7 Å².